The Hall–Kier alpha value is -0.200. The Kier molecular flexibility index (Phi) is 3.63. The zero-order chi connectivity index (χ0) is 10.0. The zero-order valence-electron chi connectivity index (χ0n) is 7.75. The molecular formula is C8H16O5. The van der Waals surface area contributed by atoms with Gasteiger partial charge in [0.05, 0.1) is 12.7 Å². The van der Waals surface area contributed by atoms with Crippen LogP contribution in [0.1, 0.15) is 13.8 Å². The van der Waals surface area contributed by atoms with Crippen molar-refractivity contribution in [3.8, 4) is 0 Å². The molecule has 3 N–H and O–H groups in total. The third-order valence-corrected chi connectivity index (χ3v) is 1.86. The van der Waals surface area contributed by atoms with E-state index >= 15 is 0 Å². The first-order chi connectivity index (χ1) is 6.02. The summed E-state index contributed by atoms with van der Waals surface area (Å²) in [6.07, 6.45) is -4.37. The van der Waals surface area contributed by atoms with E-state index in [0.717, 1.165) is 0 Å². The van der Waals surface area contributed by atoms with Gasteiger partial charge in [-0.15, -0.1) is 0 Å². The van der Waals surface area contributed by atoms with Crippen LogP contribution in [0.5, 0.6) is 0 Å². The number of aliphatic hydroxyl groups is 3. The number of hydrogen-bond acceptors (Lipinski definition) is 5. The van der Waals surface area contributed by atoms with Crippen molar-refractivity contribution in [2.24, 2.45) is 0 Å². The third kappa shape index (κ3) is 2.62. The summed E-state index contributed by atoms with van der Waals surface area (Å²) in [4.78, 5) is 0. The number of ether oxygens (including phenoxy) is 2. The average molecular weight is 192 g/mol. The minimum absolute atomic E-state index is 0.0182. The number of hydrogen-bond donors (Lipinski definition) is 3. The fourth-order valence-electron chi connectivity index (χ4n) is 1.17. The van der Waals surface area contributed by atoms with Crippen molar-refractivity contribution in [3.63, 3.8) is 0 Å². The summed E-state index contributed by atoms with van der Waals surface area (Å²) in [5.41, 5.74) is 0. The molecule has 1 heterocycles. The first-order valence-corrected chi connectivity index (χ1v) is 4.33. The molecule has 13 heavy (non-hydrogen) atoms. The van der Waals surface area contributed by atoms with Crippen molar-refractivity contribution in [1.29, 1.82) is 0 Å². The fraction of sp³-hybridized carbons (Fsp3) is 1.00. The second-order valence-electron chi connectivity index (χ2n) is 3.44. The molecule has 78 valence electrons. The summed E-state index contributed by atoms with van der Waals surface area (Å²) < 4.78 is 10.2. The molecule has 0 aliphatic carbocycles. The van der Waals surface area contributed by atoms with Gasteiger partial charge in [-0.3, -0.25) is 0 Å². The molecule has 1 aliphatic heterocycles. The molecule has 1 saturated heterocycles. The molecule has 0 bridgehead atoms. The van der Waals surface area contributed by atoms with Gasteiger partial charge in [-0.2, -0.15) is 0 Å². The van der Waals surface area contributed by atoms with Gasteiger partial charge in [0, 0.05) is 0 Å². The van der Waals surface area contributed by atoms with Crippen molar-refractivity contribution < 1.29 is 24.8 Å². The second-order valence-corrected chi connectivity index (χ2v) is 3.44. The Morgan fingerprint density at radius 3 is 2.38 bits per heavy atom. The zero-order valence-corrected chi connectivity index (χ0v) is 7.75. The SMILES string of the molecule is CC(C)O[C@H]1OC[C@@H](O)[C@H](O)[C@H]1O. The maximum atomic E-state index is 9.40. The topological polar surface area (TPSA) is 79.2 Å². The monoisotopic (exact) mass is 192 g/mol. The molecular weight excluding hydrogens is 176 g/mol. The van der Waals surface area contributed by atoms with E-state index in [-0.39, 0.29) is 12.7 Å². The molecule has 0 radical (unpaired) electrons. The van der Waals surface area contributed by atoms with Crippen molar-refractivity contribution in [3.05, 3.63) is 0 Å². The molecule has 4 atom stereocenters. The summed E-state index contributed by atoms with van der Waals surface area (Å²) in [6, 6.07) is 0. The minimum atomic E-state index is -1.20. The Bertz CT molecular complexity index is 161. The highest BCUT2D eigenvalue weighted by Crippen LogP contribution is 2.17. The van der Waals surface area contributed by atoms with E-state index in [4.69, 9.17) is 14.6 Å². The van der Waals surface area contributed by atoms with Gasteiger partial charge < -0.3 is 24.8 Å². The van der Waals surface area contributed by atoms with Crippen LogP contribution >= 0.6 is 0 Å². The van der Waals surface area contributed by atoms with Crippen LogP contribution in [-0.4, -0.2) is 52.6 Å². The van der Waals surface area contributed by atoms with E-state index in [1.807, 2.05) is 0 Å². The van der Waals surface area contributed by atoms with Crippen LogP contribution < -0.4 is 0 Å². The number of aliphatic hydroxyl groups excluding tert-OH is 3. The van der Waals surface area contributed by atoms with Crippen molar-refractivity contribution in [2.75, 3.05) is 6.61 Å². The Morgan fingerprint density at radius 2 is 1.85 bits per heavy atom. The lowest BCUT2D eigenvalue weighted by Crippen LogP contribution is -2.54. The van der Waals surface area contributed by atoms with Gasteiger partial charge in [-0.05, 0) is 13.8 Å². The molecule has 0 aromatic carbocycles. The molecule has 0 unspecified atom stereocenters. The van der Waals surface area contributed by atoms with Gasteiger partial charge >= 0.3 is 0 Å². The maximum absolute atomic E-state index is 9.40. The van der Waals surface area contributed by atoms with E-state index < -0.39 is 24.6 Å². The van der Waals surface area contributed by atoms with Gasteiger partial charge in [0.25, 0.3) is 0 Å². The Labute approximate surface area is 76.9 Å². The highest BCUT2D eigenvalue weighted by Gasteiger charge is 2.38. The predicted molar refractivity (Wildman–Crippen MR) is 44.0 cm³/mol. The molecule has 5 heteroatoms. The van der Waals surface area contributed by atoms with Crippen LogP contribution in [0.15, 0.2) is 0 Å². The van der Waals surface area contributed by atoms with Crippen LogP contribution in [0.25, 0.3) is 0 Å². The quantitative estimate of drug-likeness (QED) is 0.515. The lowest BCUT2D eigenvalue weighted by atomic mass is 10.1. The minimum Gasteiger partial charge on any atom is -0.388 e. The standard InChI is InChI=1S/C8H16O5/c1-4(2)13-8-7(11)6(10)5(9)3-12-8/h4-11H,3H2,1-2H3/t5-,6+,7-,8-/m1/s1. The van der Waals surface area contributed by atoms with Crippen LogP contribution in [0.2, 0.25) is 0 Å². The van der Waals surface area contributed by atoms with E-state index in [2.05, 4.69) is 0 Å². The normalized spacial score (nSPS) is 41.1. The summed E-state index contributed by atoms with van der Waals surface area (Å²) in [6.45, 7) is 3.58. The summed E-state index contributed by atoms with van der Waals surface area (Å²) in [5, 5.41) is 27.8. The van der Waals surface area contributed by atoms with E-state index in [9.17, 15) is 10.2 Å². The summed E-state index contributed by atoms with van der Waals surface area (Å²) in [7, 11) is 0. The molecule has 0 spiro atoms. The van der Waals surface area contributed by atoms with Crippen molar-refractivity contribution in [1.82, 2.24) is 0 Å². The highest BCUT2D eigenvalue weighted by atomic mass is 16.7. The molecule has 0 saturated carbocycles. The second kappa shape index (κ2) is 4.34. The first kappa shape index (κ1) is 10.9. The van der Waals surface area contributed by atoms with Gasteiger partial charge in [0.15, 0.2) is 6.29 Å². The summed E-state index contributed by atoms with van der Waals surface area (Å²) >= 11 is 0. The van der Waals surface area contributed by atoms with Crippen LogP contribution in [0, 0.1) is 0 Å². The van der Waals surface area contributed by atoms with Gasteiger partial charge in [-0.1, -0.05) is 0 Å². The van der Waals surface area contributed by atoms with Gasteiger partial charge in [0.1, 0.15) is 18.3 Å². The summed E-state index contributed by atoms with van der Waals surface area (Å²) in [5.74, 6) is 0. The van der Waals surface area contributed by atoms with E-state index in [1.165, 1.54) is 0 Å². The van der Waals surface area contributed by atoms with E-state index in [1.54, 1.807) is 13.8 Å². The molecule has 5 nitrogen and oxygen atoms in total. The largest absolute Gasteiger partial charge is 0.388 e. The van der Waals surface area contributed by atoms with Crippen LogP contribution in [0.4, 0.5) is 0 Å². The number of rotatable bonds is 2. The van der Waals surface area contributed by atoms with Crippen LogP contribution in [-0.2, 0) is 9.47 Å². The Morgan fingerprint density at radius 1 is 1.23 bits per heavy atom. The van der Waals surface area contributed by atoms with E-state index in [0.29, 0.717) is 0 Å². The average Bonchev–Trinajstić information content (AvgIpc) is 2.06. The lowest BCUT2D eigenvalue weighted by Gasteiger charge is -2.35. The maximum Gasteiger partial charge on any atom is 0.186 e. The smallest absolute Gasteiger partial charge is 0.186 e. The van der Waals surface area contributed by atoms with Gasteiger partial charge in [-0.25, -0.2) is 0 Å². The van der Waals surface area contributed by atoms with Crippen LogP contribution in [0.3, 0.4) is 0 Å². The van der Waals surface area contributed by atoms with Crippen molar-refractivity contribution in [2.45, 2.75) is 44.6 Å². The van der Waals surface area contributed by atoms with Crippen molar-refractivity contribution >= 4 is 0 Å². The molecule has 1 aliphatic rings. The van der Waals surface area contributed by atoms with Gasteiger partial charge in [0.2, 0.25) is 0 Å². The molecule has 0 aromatic heterocycles. The fourth-order valence-corrected chi connectivity index (χ4v) is 1.17. The Balaban J connectivity index is 2.48. The third-order valence-electron chi connectivity index (χ3n) is 1.86. The molecule has 1 fully saturated rings. The lowest BCUT2D eigenvalue weighted by molar-refractivity contribution is -0.278. The first-order valence-electron chi connectivity index (χ1n) is 4.33. The highest BCUT2D eigenvalue weighted by molar-refractivity contribution is 4.82. The molecule has 0 amide bonds. The molecule has 0 aromatic rings. The predicted octanol–water partition coefficient (Wildman–Crippen LogP) is -1.15. The molecule has 1 rings (SSSR count).